The zero-order valence-corrected chi connectivity index (χ0v) is 23.6. The van der Waals surface area contributed by atoms with Crippen LogP contribution in [0, 0.1) is 23.7 Å². The Morgan fingerprint density at radius 2 is 1.57 bits per heavy atom. The fourth-order valence-electron chi connectivity index (χ4n) is 3.96. The van der Waals surface area contributed by atoms with Crippen molar-refractivity contribution in [3.63, 3.8) is 0 Å². The number of carbonyl (C=O) groups excluding carboxylic acids is 2. The topological polar surface area (TPSA) is 71.1 Å². The second kappa shape index (κ2) is 20.7. The first-order valence-electron chi connectivity index (χ1n) is 14.2. The molecule has 0 N–H and O–H groups in total. The minimum atomic E-state index is -0.632. The van der Waals surface area contributed by atoms with Crippen LogP contribution in [0.1, 0.15) is 124 Å². The third-order valence-corrected chi connectivity index (χ3v) is 5.93. The van der Waals surface area contributed by atoms with E-state index in [0.717, 1.165) is 12.8 Å². The summed E-state index contributed by atoms with van der Waals surface area (Å²) >= 11 is 0. The molecule has 37 heavy (non-hydrogen) atoms. The van der Waals surface area contributed by atoms with Crippen LogP contribution in [0.4, 0.5) is 0 Å². The molecule has 6 nitrogen and oxygen atoms in total. The molecular weight excluding hydrogens is 468 g/mol. The van der Waals surface area contributed by atoms with Crippen LogP contribution in [-0.4, -0.2) is 37.0 Å². The predicted molar refractivity (Wildman–Crippen MR) is 146 cm³/mol. The summed E-state index contributed by atoms with van der Waals surface area (Å²) in [5.74, 6) is 10.0. The number of hydrogen-bond donors (Lipinski definition) is 0. The summed E-state index contributed by atoms with van der Waals surface area (Å²) in [5, 5.41) is 0. The molecule has 1 aliphatic rings. The second-order valence-electron chi connectivity index (χ2n) is 10.0. The standard InChI is InChI=1S/C31H48O6/c1-5-6-7-8-9-10-11-12-13-14-15-16-19-22-28(36-27(2)32)23-20-17-18-21-24-30(33)34-25-29-26-35-31(3,4)37-29/h22,29H,5-16,19,21,24-26H2,1-4H3/b28-22+/t29-/m0/s1. The van der Waals surface area contributed by atoms with Gasteiger partial charge in [0, 0.05) is 13.3 Å². The molecule has 1 heterocycles. The molecule has 0 spiro atoms. The van der Waals surface area contributed by atoms with Crippen molar-refractivity contribution >= 4 is 11.9 Å². The van der Waals surface area contributed by atoms with E-state index in [1.165, 1.54) is 77.6 Å². The highest BCUT2D eigenvalue weighted by Crippen LogP contribution is 2.22. The van der Waals surface area contributed by atoms with Gasteiger partial charge in [-0.1, -0.05) is 83.5 Å². The number of ether oxygens (including phenoxy) is 4. The summed E-state index contributed by atoms with van der Waals surface area (Å²) in [4.78, 5) is 23.2. The van der Waals surface area contributed by atoms with E-state index in [2.05, 4.69) is 30.6 Å². The van der Waals surface area contributed by atoms with Crippen LogP contribution >= 0.6 is 0 Å². The molecule has 1 saturated heterocycles. The van der Waals surface area contributed by atoms with Gasteiger partial charge in [0.25, 0.3) is 0 Å². The Morgan fingerprint density at radius 3 is 2.14 bits per heavy atom. The van der Waals surface area contributed by atoms with Crippen molar-refractivity contribution in [2.45, 2.75) is 136 Å². The lowest BCUT2D eigenvalue weighted by Crippen LogP contribution is -2.25. The van der Waals surface area contributed by atoms with Crippen molar-refractivity contribution in [1.82, 2.24) is 0 Å². The Labute approximate surface area is 225 Å². The van der Waals surface area contributed by atoms with Crippen molar-refractivity contribution in [3.05, 3.63) is 11.8 Å². The molecule has 1 rings (SSSR count). The third-order valence-electron chi connectivity index (χ3n) is 5.93. The molecular formula is C31H48O6. The molecule has 0 radical (unpaired) electrons. The summed E-state index contributed by atoms with van der Waals surface area (Å²) in [5.41, 5.74) is 0. The van der Waals surface area contributed by atoms with Gasteiger partial charge in [0.1, 0.15) is 12.7 Å². The van der Waals surface area contributed by atoms with Gasteiger partial charge in [-0.3, -0.25) is 9.59 Å². The van der Waals surface area contributed by atoms with Gasteiger partial charge < -0.3 is 18.9 Å². The third kappa shape index (κ3) is 19.5. The van der Waals surface area contributed by atoms with Crippen molar-refractivity contribution in [2.24, 2.45) is 0 Å². The van der Waals surface area contributed by atoms with Crippen LogP contribution in [0.3, 0.4) is 0 Å². The smallest absolute Gasteiger partial charge is 0.308 e. The Bertz CT molecular complexity index is 805. The maximum Gasteiger partial charge on any atom is 0.308 e. The van der Waals surface area contributed by atoms with E-state index in [1.807, 2.05) is 19.9 Å². The summed E-state index contributed by atoms with van der Waals surface area (Å²) in [7, 11) is 0. The average Bonchev–Trinajstić information content (AvgIpc) is 3.20. The van der Waals surface area contributed by atoms with Crippen molar-refractivity contribution in [2.75, 3.05) is 13.2 Å². The predicted octanol–water partition coefficient (Wildman–Crippen LogP) is 7.01. The maximum atomic E-state index is 11.8. The minimum Gasteiger partial charge on any atom is -0.463 e. The molecule has 1 aliphatic heterocycles. The van der Waals surface area contributed by atoms with Gasteiger partial charge >= 0.3 is 11.9 Å². The molecule has 0 aromatic rings. The van der Waals surface area contributed by atoms with E-state index in [-0.39, 0.29) is 25.1 Å². The van der Waals surface area contributed by atoms with E-state index < -0.39 is 11.8 Å². The zero-order chi connectivity index (χ0) is 27.2. The fraction of sp³-hybridized carbons (Fsp3) is 0.742. The molecule has 1 fully saturated rings. The highest BCUT2D eigenvalue weighted by molar-refractivity contribution is 5.69. The first-order chi connectivity index (χ1) is 17.8. The molecule has 0 bridgehead atoms. The van der Waals surface area contributed by atoms with Gasteiger partial charge in [0.2, 0.25) is 0 Å². The van der Waals surface area contributed by atoms with E-state index in [4.69, 9.17) is 18.9 Å². The Kier molecular flexibility index (Phi) is 18.4. The molecule has 6 heteroatoms. The lowest BCUT2D eigenvalue weighted by Gasteiger charge is -2.16. The Hall–Kier alpha value is -2.28. The summed E-state index contributed by atoms with van der Waals surface area (Å²) in [6.45, 7) is 7.85. The van der Waals surface area contributed by atoms with Gasteiger partial charge in [0.15, 0.2) is 11.5 Å². The van der Waals surface area contributed by atoms with Crippen molar-refractivity contribution < 1.29 is 28.5 Å². The number of allylic oxidation sites excluding steroid dienone is 2. The summed E-state index contributed by atoms with van der Waals surface area (Å²) < 4.78 is 21.4. The Morgan fingerprint density at radius 1 is 0.946 bits per heavy atom. The quantitative estimate of drug-likeness (QED) is 0.0845. The van der Waals surface area contributed by atoms with Gasteiger partial charge in [-0.05, 0) is 50.5 Å². The second-order valence-corrected chi connectivity index (χ2v) is 10.0. The number of hydrogen-bond acceptors (Lipinski definition) is 6. The molecule has 0 aromatic heterocycles. The minimum absolute atomic E-state index is 0.172. The number of unbranched alkanes of at least 4 members (excludes halogenated alkanes) is 12. The fourth-order valence-corrected chi connectivity index (χ4v) is 3.96. The number of carbonyl (C=O) groups is 2. The lowest BCUT2D eigenvalue weighted by molar-refractivity contribution is -0.158. The van der Waals surface area contributed by atoms with Crippen molar-refractivity contribution in [3.8, 4) is 23.7 Å². The van der Waals surface area contributed by atoms with E-state index in [1.54, 1.807) is 0 Å². The molecule has 0 unspecified atom stereocenters. The van der Waals surface area contributed by atoms with Crippen LogP contribution in [0.25, 0.3) is 0 Å². The van der Waals surface area contributed by atoms with Crippen LogP contribution in [0.5, 0.6) is 0 Å². The van der Waals surface area contributed by atoms with Crippen LogP contribution in [0.2, 0.25) is 0 Å². The number of rotatable bonds is 18. The average molecular weight is 517 g/mol. The largest absolute Gasteiger partial charge is 0.463 e. The lowest BCUT2D eigenvalue weighted by atomic mass is 10.0. The maximum absolute atomic E-state index is 11.8. The molecule has 0 saturated carbocycles. The van der Waals surface area contributed by atoms with Gasteiger partial charge in [-0.15, -0.1) is 0 Å². The van der Waals surface area contributed by atoms with Crippen LogP contribution in [-0.2, 0) is 28.5 Å². The molecule has 0 aliphatic carbocycles. The van der Waals surface area contributed by atoms with E-state index >= 15 is 0 Å². The molecule has 208 valence electrons. The highest BCUT2D eigenvalue weighted by atomic mass is 16.7. The molecule has 0 amide bonds. The van der Waals surface area contributed by atoms with Gasteiger partial charge in [0.05, 0.1) is 13.0 Å². The first kappa shape index (κ1) is 32.7. The monoisotopic (exact) mass is 516 g/mol. The van der Waals surface area contributed by atoms with E-state index in [9.17, 15) is 9.59 Å². The summed E-state index contributed by atoms with van der Waals surface area (Å²) in [6.07, 6.45) is 18.6. The van der Waals surface area contributed by atoms with Crippen molar-refractivity contribution in [1.29, 1.82) is 0 Å². The molecule has 0 aromatic carbocycles. The first-order valence-corrected chi connectivity index (χ1v) is 14.2. The number of esters is 2. The van der Waals surface area contributed by atoms with E-state index in [0.29, 0.717) is 18.8 Å². The zero-order valence-electron chi connectivity index (χ0n) is 23.6. The normalized spacial score (nSPS) is 16.3. The van der Waals surface area contributed by atoms with Gasteiger partial charge in [-0.2, -0.15) is 0 Å². The SMILES string of the molecule is CCCCCCCCCCCCCC/C=C(\C#CC#CCCC(=O)OC[C@H]1COC(C)(C)O1)OC(C)=O. The van der Waals surface area contributed by atoms with Gasteiger partial charge in [-0.25, -0.2) is 0 Å². The highest BCUT2D eigenvalue weighted by Gasteiger charge is 2.33. The van der Waals surface area contributed by atoms with Crippen LogP contribution < -0.4 is 0 Å². The van der Waals surface area contributed by atoms with Crippen LogP contribution in [0.15, 0.2) is 11.8 Å². The Balaban J connectivity index is 2.18. The summed E-state index contributed by atoms with van der Waals surface area (Å²) in [6, 6.07) is 0. The molecule has 1 atom stereocenters.